The molecule has 1 saturated carbocycles. The van der Waals surface area contributed by atoms with Crippen LogP contribution in [-0.4, -0.2) is 13.0 Å². The Morgan fingerprint density at radius 3 is 2.78 bits per heavy atom. The lowest BCUT2D eigenvalue weighted by atomic mass is 10.1. The molecule has 0 saturated heterocycles. The third-order valence-electron chi connectivity index (χ3n) is 2.06. The Kier molecular flexibility index (Phi) is 1.74. The van der Waals surface area contributed by atoms with Crippen LogP contribution in [0.4, 0.5) is 0 Å². The summed E-state index contributed by atoms with van der Waals surface area (Å²) in [6.07, 6.45) is 4.60. The van der Waals surface area contributed by atoms with E-state index in [9.17, 15) is 4.79 Å². The highest BCUT2D eigenvalue weighted by atomic mass is 16.1. The summed E-state index contributed by atoms with van der Waals surface area (Å²) in [4.78, 5) is 9.80. The third kappa shape index (κ3) is 2.04. The predicted molar refractivity (Wildman–Crippen MR) is 36.0 cm³/mol. The number of nitrogens with one attached hydrogen (secondary N) is 1. The number of rotatable bonds is 4. The molecule has 1 aliphatic rings. The molecule has 1 fully saturated rings. The first kappa shape index (κ1) is 6.59. The molecule has 0 aliphatic heterocycles. The normalized spacial score (nSPS) is 21.0. The zero-order chi connectivity index (χ0) is 6.74. The lowest BCUT2D eigenvalue weighted by Gasteiger charge is -2.04. The van der Waals surface area contributed by atoms with Gasteiger partial charge in [0.1, 0.15) is 0 Å². The number of amides is 1. The van der Waals surface area contributed by atoms with Crippen molar-refractivity contribution in [1.29, 1.82) is 0 Å². The van der Waals surface area contributed by atoms with Gasteiger partial charge in [-0.25, -0.2) is 0 Å². The van der Waals surface area contributed by atoms with E-state index in [1.165, 1.54) is 12.8 Å². The Morgan fingerprint density at radius 2 is 2.33 bits per heavy atom. The highest BCUT2D eigenvalue weighted by molar-refractivity contribution is 5.45. The quantitative estimate of drug-likeness (QED) is 0.441. The van der Waals surface area contributed by atoms with Gasteiger partial charge in [-0.1, -0.05) is 6.92 Å². The maximum atomic E-state index is 9.80. The van der Waals surface area contributed by atoms with Gasteiger partial charge in [0.05, 0.1) is 0 Å². The van der Waals surface area contributed by atoms with Crippen LogP contribution >= 0.6 is 0 Å². The van der Waals surface area contributed by atoms with Crippen molar-refractivity contribution in [2.45, 2.75) is 26.2 Å². The molecule has 1 aliphatic carbocycles. The Morgan fingerprint density at radius 1 is 1.67 bits per heavy atom. The summed E-state index contributed by atoms with van der Waals surface area (Å²) in [6.45, 7) is 3.11. The summed E-state index contributed by atoms with van der Waals surface area (Å²) in [5.41, 5.74) is 0.579. The van der Waals surface area contributed by atoms with E-state index in [1.807, 2.05) is 0 Å². The van der Waals surface area contributed by atoms with Gasteiger partial charge in [-0.05, 0) is 24.7 Å². The number of carbonyl (C=O) groups is 1. The number of hydrogen-bond donors (Lipinski definition) is 1. The molecule has 0 bridgehead atoms. The van der Waals surface area contributed by atoms with Crippen molar-refractivity contribution in [1.82, 2.24) is 5.32 Å². The summed E-state index contributed by atoms with van der Waals surface area (Å²) in [5.74, 6) is 0. The van der Waals surface area contributed by atoms with Crippen LogP contribution in [0.15, 0.2) is 0 Å². The van der Waals surface area contributed by atoms with E-state index in [-0.39, 0.29) is 0 Å². The maximum Gasteiger partial charge on any atom is 0.207 e. The largest absolute Gasteiger partial charge is 0.359 e. The minimum absolute atomic E-state index is 0.579. The van der Waals surface area contributed by atoms with Crippen LogP contribution in [0.2, 0.25) is 0 Å². The molecule has 52 valence electrons. The van der Waals surface area contributed by atoms with E-state index in [0.717, 1.165) is 19.4 Å². The Bertz CT molecular complexity index is 107. The first-order chi connectivity index (χ1) is 4.27. The van der Waals surface area contributed by atoms with E-state index < -0.39 is 0 Å². The fourth-order valence-corrected chi connectivity index (χ4v) is 0.896. The van der Waals surface area contributed by atoms with Crippen LogP contribution in [0, 0.1) is 5.41 Å². The molecule has 0 aromatic heterocycles. The summed E-state index contributed by atoms with van der Waals surface area (Å²) in [6, 6.07) is 0. The summed E-state index contributed by atoms with van der Waals surface area (Å²) in [7, 11) is 0. The van der Waals surface area contributed by atoms with Crippen LogP contribution in [-0.2, 0) is 4.79 Å². The molecule has 0 spiro atoms. The van der Waals surface area contributed by atoms with Crippen molar-refractivity contribution in [3.63, 3.8) is 0 Å². The lowest BCUT2D eigenvalue weighted by molar-refractivity contribution is -0.109. The molecule has 2 heteroatoms. The average Bonchev–Trinajstić information content (AvgIpc) is 2.50. The predicted octanol–water partition coefficient (Wildman–Crippen LogP) is 0.923. The average molecular weight is 127 g/mol. The lowest BCUT2D eigenvalue weighted by Crippen LogP contribution is -2.15. The fraction of sp³-hybridized carbons (Fsp3) is 0.857. The van der Waals surface area contributed by atoms with E-state index in [4.69, 9.17) is 0 Å². The third-order valence-corrected chi connectivity index (χ3v) is 2.06. The highest BCUT2D eigenvalue weighted by Crippen LogP contribution is 2.47. The van der Waals surface area contributed by atoms with Gasteiger partial charge in [-0.15, -0.1) is 0 Å². The van der Waals surface area contributed by atoms with Crippen molar-refractivity contribution in [2.75, 3.05) is 6.54 Å². The van der Waals surface area contributed by atoms with Gasteiger partial charge in [-0.3, -0.25) is 4.79 Å². The second kappa shape index (κ2) is 2.38. The van der Waals surface area contributed by atoms with Crippen molar-refractivity contribution in [3.8, 4) is 0 Å². The molecule has 0 aromatic carbocycles. The van der Waals surface area contributed by atoms with Gasteiger partial charge in [0, 0.05) is 6.54 Å². The molecule has 0 atom stereocenters. The summed E-state index contributed by atoms with van der Waals surface area (Å²) in [5, 5.41) is 2.66. The van der Waals surface area contributed by atoms with Gasteiger partial charge in [0.15, 0.2) is 0 Å². The molecule has 0 radical (unpaired) electrons. The zero-order valence-electron chi connectivity index (χ0n) is 5.81. The minimum atomic E-state index is 0.579. The van der Waals surface area contributed by atoms with Gasteiger partial charge < -0.3 is 5.32 Å². The Labute approximate surface area is 55.6 Å². The van der Waals surface area contributed by atoms with Crippen molar-refractivity contribution in [2.24, 2.45) is 5.41 Å². The summed E-state index contributed by atoms with van der Waals surface area (Å²) >= 11 is 0. The topological polar surface area (TPSA) is 29.1 Å². The molecule has 1 amide bonds. The van der Waals surface area contributed by atoms with Gasteiger partial charge in [0.2, 0.25) is 6.41 Å². The van der Waals surface area contributed by atoms with Crippen LogP contribution in [0.1, 0.15) is 26.2 Å². The highest BCUT2D eigenvalue weighted by Gasteiger charge is 2.36. The molecule has 9 heavy (non-hydrogen) atoms. The van der Waals surface area contributed by atoms with E-state index in [1.54, 1.807) is 0 Å². The second-order valence-corrected chi connectivity index (χ2v) is 3.13. The SMILES string of the molecule is CC1(CCNC=O)CC1. The molecular weight excluding hydrogens is 114 g/mol. The first-order valence-corrected chi connectivity index (χ1v) is 3.44. The molecular formula is C7H13NO. The minimum Gasteiger partial charge on any atom is -0.359 e. The van der Waals surface area contributed by atoms with Gasteiger partial charge >= 0.3 is 0 Å². The van der Waals surface area contributed by atoms with Gasteiger partial charge in [-0.2, -0.15) is 0 Å². The number of carbonyl (C=O) groups excluding carboxylic acids is 1. The molecule has 1 rings (SSSR count). The molecule has 1 N–H and O–H groups in total. The molecule has 0 aromatic rings. The van der Waals surface area contributed by atoms with Crippen LogP contribution in [0.3, 0.4) is 0 Å². The van der Waals surface area contributed by atoms with Crippen LogP contribution < -0.4 is 5.32 Å². The standard InChI is InChI=1S/C7H13NO/c1-7(2-3-7)4-5-8-6-9/h6H,2-5H2,1H3,(H,8,9). The smallest absolute Gasteiger partial charge is 0.207 e. The van der Waals surface area contributed by atoms with E-state index >= 15 is 0 Å². The van der Waals surface area contributed by atoms with E-state index in [2.05, 4.69) is 12.2 Å². The molecule has 0 unspecified atom stereocenters. The van der Waals surface area contributed by atoms with Crippen molar-refractivity contribution in [3.05, 3.63) is 0 Å². The molecule has 0 heterocycles. The monoisotopic (exact) mass is 127 g/mol. The zero-order valence-corrected chi connectivity index (χ0v) is 5.81. The maximum absolute atomic E-state index is 9.80. The molecule has 2 nitrogen and oxygen atoms in total. The van der Waals surface area contributed by atoms with E-state index in [0.29, 0.717) is 5.41 Å². The number of hydrogen-bond acceptors (Lipinski definition) is 1. The van der Waals surface area contributed by atoms with Gasteiger partial charge in [0.25, 0.3) is 0 Å². The first-order valence-electron chi connectivity index (χ1n) is 3.44. The van der Waals surface area contributed by atoms with Crippen LogP contribution in [0.25, 0.3) is 0 Å². The Balaban J connectivity index is 1.98. The fourth-order valence-electron chi connectivity index (χ4n) is 0.896. The van der Waals surface area contributed by atoms with Crippen molar-refractivity contribution < 1.29 is 4.79 Å². The second-order valence-electron chi connectivity index (χ2n) is 3.13. The van der Waals surface area contributed by atoms with Crippen molar-refractivity contribution >= 4 is 6.41 Å². The van der Waals surface area contributed by atoms with Crippen LogP contribution in [0.5, 0.6) is 0 Å². The Hall–Kier alpha value is -0.530. The summed E-state index contributed by atoms with van der Waals surface area (Å²) < 4.78 is 0.